The zero-order valence-electron chi connectivity index (χ0n) is 14.4. The van der Waals surface area contributed by atoms with Crippen LogP contribution in [0.2, 0.25) is 0 Å². The van der Waals surface area contributed by atoms with Crippen molar-refractivity contribution in [1.82, 2.24) is 9.97 Å². The summed E-state index contributed by atoms with van der Waals surface area (Å²) >= 11 is 0. The van der Waals surface area contributed by atoms with Crippen LogP contribution in [0.1, 0.15) is 12.8 Å². The smallest absolute Gasteiger partial charge is 0.220 e. The molecule has 2 N–H and O–H groups in total. The van der Waals surface area contributed by atoms with Crippen LogP contribution in [0, 0.1) is 11.7 Å². The molecule has 25 heavy (non-hydrogen) atoms. The summed E-state index contributed by atoms with van der Waals surface area (Å²) in [6.07, 6.45) is 2.44. The van der Waals surface area contributed by atoms with Gasteiger partial charge in [-0.25, -0.2) is 14.4 Å². The average molecular weight is 343 g/mol. The Labute approximate surface area is 146 Å². The number of nitrogens with two attached hydrogens (primary N) is 1. The quantitative estimate of drug-likeness (QED) is 0.919. The minimum Gasteiger partial charge on any atom is -0.378 e. The maximum absolute atomic E-state index is 14.3. The molecule has 0 unspecified atom stereocenters. The number of benzene rings is 1. The van der Waals surface area contributed by atoms with E-state index < -0.39 is 5.82 Å². The molecule has 1 aliphatic heterocycles. The largest absolute Gasteiger partial charge is 0.378 e. The molecule has 0 bridgehead atoms. The van der Waals surface area contributed by atoms with Gasteiger partial charge in [-0.1, -0.05) is 12.1 Å². The van der Waals surface area contributed by atoms with E-state index in [1.54, 1.807) is 0 Å². The summed E-state index contributed by atoms with van der Waals surface area (Å²) < 4.78 is 14.3. The van der Waals surface area contributed by atoms with Gasteiger partial charge in [0, 0.05) is 44.4 Å². The van der Waals surface area contributed by atoms with Gasteiger partial charge in [-0.05, 0) is 25.0 Å². The number of anilines is 2. The van der Waals surface area contributed by atoms with Crippen LogP contribution in [-0.4, -0.2) is 43.1 Å². The lowest BCUT2D eigenvalue weighted by atomic mass is 9.96. The first-order valence-corrected chi connectivity index (χ1v) is 8.30. The number of halogens is 1. The number of rotatable bonds is 4. The fourth-order valence-electron chi connectivity index (χ4n) is 3.02. The molecule has 1 aromatic carbocycles. The lowest BCUT2D eigenvalue weighted by molar-refractivity contribution is -0.122. The van der Waals surface area contributed by atoms with Gasteiger partial charge in [-0.2, -0.15) is 0 Å². The lowest BCUT2D eigenvalue weighted by Gasteiger charge is -2.31. The summed E-state index contributed by atoms with van der Waals surface area (Å²) in [5.74, 6) is -0.119. The van der Waals surface area contributed by atoms with Crippen molar-refractivity contribution >= 4 is 17.4 Å². The number of aromatic nitrogens is 2. The first kappa shape index (κ1) is 17.1. The van der Waals surface area contributed by atoms with E-state index in [0.717, 1.165) is 11.3 Å². The number of carbonyl (C=O) groups excluding carboxylic acids is 1. The second-order valence-electron chi connectivity index (χ2n) is 6.47. The third kappa shape index (κ3) is 3.70. The zero-order chi connectivity index (χ0) is 18.0. The number of hydrogen-bond donors (Lipinski definition) is 1. The highest BCUT2D eigenvalue weighted by atomic mass is 19.1. The zero-order valence-corrected chi connectivity index (χ0v) is 14.4. The van der Waals surface area contributed by atoms with Gasteiger partial charge in [0.25, 0.3) is 0 Å². The van der Waals surface area contributed by atoms with E-state index in [0.29, 0.717) is 31.8 Å². The molecule has 0 saturated carbocycles. The molecule has 2 heterocycles. The number of amides is 1. The van der Waals surface area contributed by atoms with Crippen LogP contribution in [0.3, 0.4) is 0 Å². The first-order chi connectivity index (χ1) is 12.0. The molecule has 7 heteroatoms. The van der Waals surface area contributed by atoms with Crippen LogP contribution in [0.5, 0.6) is 0 Å². The third-order valence-corrected chi connectivity index (χ3v) is 4.54. The van der Waals surface area contributed by atoms with Gasteiger partial charge in [-0.3, -0.25) is 4.79 Å². The Balaban J connectivity index is 1.86. The number of nitrogens with zero attached hydrogens (tertiary/aromatic N) is 4. The molecule has 1 aromatic heterocycles. The van der Waals surface area contributed by atoms with Crippen molar-refractivity contribution in [2.75, 3.05) is 37.0 Å². The van der Waals surface area contributed by atoms with E-state index in [-0.39, 0.29) is 17.6 Å². The van der Waals surface area contributed by atoms with E-state index >= 15 is 0 Å². The van der Waals surface area contributed by atoms with E-state index in [2.05, 4.69) is 9.97 Å². The van der Waals surface area contributed by atoms with Crippen molar-refractivity contribution in [2.45, 2.75) is 12.8 Å². The summed E-state index contributed by atoms with van der Waals surface area (Å²) in [4.78, 5) is 23.7. The molecular formula is C18H22FN5O. The second kappa shape index (κ2) is 7.04. The van der Waals surface area contributed by atoms with Gasteiger partial charge < -0.3 is 15.5 Å². The average Bonchev–Trinajstić information content (AvgIpc) is 2.62. The summed E-state index contributed by atoms with van der Waals surface area (Å²) in [6, 6.07) is 7.79. The maximum Gasteiger partial charge on any atom is 0.220 e. The monoisotopic (exact) mass is 343 g/mol. The molecule has 0 radical (unpaired) electrons. The first-order valence-electron chi connectivity index (χ1n) is 8.30. The Kier molecular flexibility index (Phi) is 4.83. The van der Waals surface area contributed by atoms with Crippen molar-refractivity contribution in [2.24, 2.45) is 11.7 Å². The second-order valence-corrected chi connectivity index (χ2v) is 6.47. The third-order valence-electron chi connectivity index (χ3n) is 4.54. The molecule has 1 aliphatic rings. The summed E-state index contributed by atoms with van der Waals surface area (Å²) in [5.41, 5.74) is 7.21. The Morgan fingerprint density at radius 3 is 2.68 bits per heavy atom. The molecule has 0 aliphatic carbocycles. The predicted molar refractivity (Wildman–Crippen MR) is 95.9 cm³/mol. The summed E-state index contributed by atoms with van der Waals surface area (Å²) in [7, 11) is 3.91. The van der Waals surface area contributed by atoms with Gasteiger partial charge in [0.2, 0.25) is 5.91 Å². The fourth-order valence-corrected chi connectivity index (χ4v) is 3.02. The van der Waals surface area contributed by atoms with Crippen LogP contribution in [0.15, 0.2) is 30.5 Å². The highest BCUT2D eigenvalue weighted by Gasteiger charge is 2.25. The highest BCUT2D eigenvalue weighted by Crippen LogP contribution is 2.27. The topological polar surface area (TPSA) is 75.3 Å². The van der Waals surface area contributed by atoms with Crippen molar-refractivity contribution in [3.63, 3.8) is 0 Å². The van der Waals surface area contributed by atoms with Gasteiger partial charge in [0.1, 0.15) is 0 Å². The molecule has 2 aromatic rings. The number of carbonyl (C=O) groups is 1. The predicted octanol–water partition coefficient (Wildman–Crippen LogP) is 2.05. The molecular weight excluding hydrogens is 321 g/mol. The molecule has 3 rings (SSSR count). The standard InChI is InChI=1S/C18H22FN5O/c1-23(2)14-5-3-4-13(10-14)17-21-11-15(19)18(22-17)24-8-6-12(7-9-24)16(20)25/h3-5,10-12H,6-9H2,1-2H3,(H2,20,25). The Morgan fingerprint density at radius 1 is 1.32 bits per heavy atom. The van der Waals surface area contributed by atoms with E-state index in [1.807, 2.05) is 48.2 Å². The van der Waals surface area contributed by atoms with E-state index in [9.17, 15) is 9.18 Å². The Bertz CT molecular complexity index is 772. The molecule has 0 spiro atoms. The molecule has 1 amide bonds. The van der Waals surface area contributed by atoms with Crippen molar-refractivity contribution in [3.05, 3.63) is 36.3 Å². The Hall–Kier alpha value is -2.70. The highest BCUT2D eigenvalue weighted by molar-refractivity contribution is 5.77. The summed E-state index contributed by atoms with van der Waals surface area (Å²) in [6.45, 7) is 1.11. The van der Waals surface area contributed by atoms with Crippen molar-refractivity contribution in [1.29, 1.82) is 0 Å². The SMILES string of the molecule is CN(C)c1cccc(-c2ncc(F)c(N3CCC(C(N)=O)CC3)n2)c1. The lowest BCUT2D eigenvalue weighted by Crippen LogP contribution is -2.39. The Morgan fingerprint density at radius 2 is 2.04 bits per heavy atom. The molecule has 0 atom stereocenters. The molecule has 132 valence electrons. The molecule has 6 nitrogen and oxygen atoms in total. The van der Waals surface area contributed by atoms with Gasteiger partial charge >= 0.3 is 0 Å². The number of piperidine rings is 1. The van der Waals surface area contributed by atoms with Gasteiger partial charge in [-0.15, -0.1) is 0 Å². The van der Waals surface area contributed by atoms with Crippen LogP contribution in [0.4, 0.5) is 15.9 Å². The van der Waals surface area contributed by atoms with Crippen molar-refractivity contribution in [3.8, 4) is 11.4 Å². The van der Waals surface area contributed by atoms with Gasteiger partial charge in [0.15, 0.2) is 17.5 Å². The molecule has 1 fully saturated rings. The van der Waals surface area contributed by atoms with Crippen LogP contribution in [-0.2, 0) is 4.79 Å². The van der Waals surface area contributed by atoms with E-state index in [1.165, 1.54) is 6.20 Å². The van der Waals surface area contributed by atoms with Crippen LogP contribution < -0.4 is 15.5 Å². The van der Waals surface area contributed by atoms with E-state index in [4.69, 9.17) is 5.73 Å². The normalized spacial score (nSPS) is 15.2. The van der Waals surface area contributed by atoms with Crippen LogP contribution in [0.25, 0.3) is 11.4 Å². The fraction of sp³-hybridized carbons (Fsp3) is 0.389. The maximum atomic E-state index is 14.3. The number of primary amides is 1. The molecule has 1 saturated heterocycles. The van der Waals surface area contributed by atoms with Crippen LogP contribution >= 0.6 is 0 Å². The minimum absolute atomic E-state index is 0.141. The van der Waals surface area contributed by atoms with Gasteiger partial charge in [0.05, 0.1) is 6.20 Å². The summed E-state index contributed by atoms with van der Waals surface area (Å²) in [5, 5.41) is 0. The number of hydrogen-bond acceptors (Lipinski definition) is 5. The minimum atomic E-state index is -0.454. The van der Waals surface area contributed by atoms with Crippen molar-refractivity contribution < 1.29 is 9.18 Å².